The Morgan fingerprint density at radius 1 is 1.50 bits per heavy atom. The number of phenols is 1. The van der Waals surface area contributed by atoms with Gasteiger partial charge in [-0.05, 0) is 26.0 Å². The van der Waals surface area contributed by atoms with Crippen LogP contribution in [0.3, 0.4) is 0 Å². The largest absolute Gasteiger partial charge is 0.504 e. The Hall–Kier alpha value is -2.30. The van der Waals surface area contributed by atoms with Crippen LogP contribution in [0.4, 0.5) is 0 Å². The third-order valence-electron chi connectivity index (χ3n) is 2.41. The molecule has 0 heterocycles. The van der Waals surface area contributed by atoms with Gasteiger partial charge < -0.3 is 9.84 Å². The fourth-order valence-corrected chi connectivity index (χ4v) is 1.19. The van der Waals surface area contributed by atoms with Crippen molar-refractivity contribution in [3.63, 3.8) is 0 Å². The molecule has 0 bridgehead atoms. The summed E-state index contributed by atoms with van der Waals surface area (Å²) in [5.41, 5.74) is 3.39. The zero-order chi connectivity index (χ0) is 13.5. The van der Waals surface area contributed by atoms with E-state index < -0.39 is 0 Å². The number of carbonyl (C=O) groups is 1. The van der Waals surface area contributed by atoms with Gasteiger partial charge in [-0.25, -0.2) is 5.43 Å². The van der Waals surface area contributed by atoms with Gasteiger partial charge in [0.1, 0.15) is 0 Å². The zero-order valence-electron chi connectivity index (χ0n) is 10.6. The molecule has 0 fully saturated rings. The fraction of sp³-hybridized carbons (Fsp3) is 0.231. The molecule has 96 valence electrons. The number of methoxy groups -OCH3 is 1. The van der Waals surface area contributed by atoms with E-state index in [2.05, 4.69) is 10.5 Å². The van der Waals surface area contributed by atoms with Crippen molar-refractivity contribution < 1.29 is 14.6 Å². The molecule has 0 aliphatic rings. The van der Waals surface area contributed by atoms with Crippen LogP contribution in [0.5, 0.6) is 11.5 Å². The van der Waals surface area contributed by atoms with E-state index in [1.807, 2.05) is 0 Å². The number of rotatable bonds is 4. The first kappa shape index (κ1) is 13.8. The lowest BCUT2D eigenvalue weighted by Gasteiger charge is -2.04. The summed E-state index contributed by atoms with van der Waals surface area (Å²) in [6.07, 6.45) is 3.05. The Morgan fingerprint density at radius 2 is 2.22 bits per heavy atom. The van der Waals surface area contributed by atoms with Gasteiger partial charge in [-0.2, -0.15) is 5.10 Å². The molecular weight excluding hydrogens is 232 g/mol. The lowest BCUT2D eigenvalue weighted by molar-refractivity contribution is -0.117. The van der Waals surface area contributed by atoms with Crippen molar-refractivity contribution in [3.05, 3.63) is 35.4 Å². The van der Waals surface area contributed by atoms with Crippen LogP contribution in [0.25, 0.3) is 0 Å². The first-order valence-electron chi connectivity index (χ1n) is 5.42. The molecule has 18 heavy (non-hydrogen) atoms. The summed E-state index contributed by atoms with van der Waals surface area (Å²) in [4.78, 5) is 11.4. The predicted molar refractivity (Wildman–Crippen MR) is 69.8 cm³/mol. The van der Waals surface area contributed by atoms with E-state index in [9.17, 15) is 9.90 Å². The van der Waals surface area contributed by atoms with Crippen LogP contribution in [0.15, 0.2) is 34.9 Å². The number of benzene rings is 1. The smallest absolute Gasteiger partial charge is 0.266 e. The highest BCUT2D eigenvalue weighted by Gasteiger charge is 2.05. The lowest BCUT2D eigenvalue weighted by Crippen LogP contribution is -2.18. The Labute approximate surface area is 106 Å². The van der Waals surface area contributed by atoms with Crippen molar-refractivity contribution in [1.29, 1.82) is 0 Å². The van der Waals surface area contributed by atoms with Crippen molar-refractivity contribution >= 4 is 12.1 Å². The Kier molecular flexibility index (Phi) is 4.92. The van der Waals surface area contributed by atoms with Gasteiger partial charge in [-0.3, -0.25) is 4.79 Å². The molecule has 0 saturated carbocycles. The van der Waals surface area contributed by atoms with Crippen LogP contribution in [-0.2, 0) is 4.79 Å². The minimum Gasteiger partial charge on any atom is -0.504 e. The highest BCUT2D eigenvalue weighted by Crippen LogP contribution is 2.27. The maximum atomic E-state index is 11.4. The van der Waals surface area contributed by atoms with Crippen LogP contribution in [0.1, 0.15) is 19.4 Å². The molecule has 0 aromatic heterocycles. The molecule has 1 aromatic rings. The predicted octanol–water partition coefficient (Wildman–Crippen LogP) is 1.82. The number of aromatic hydroxyl groups is 1. The van der Waals surface area contributed by atoms with E-state index in [0.717, 1.165) is 0 Å². The number of carbonyl (C=O) groups excluding carboxylic acids is 1. The van der Waals surface area contributed by atoms with Gasteiger partial charge in [0.15, 0.2) is 11.5 Å². The van der Waals surface area contributed by atoms with E-state index in [1.165, 1.54) is 13.3 Å². The second kappa shape index (κ2) is 6.44. The third kappa shape index (κ3) is 3.35. The zero-order valence-corrected chi connectivity index (χ0v) is 10.6. The summed E-state index contributed by atoms with van der Waals surface area (Å²) in [5, 5.41) is 13.5. The topological polar surface area (TPSA) is 70.9 Å². The Morgan fingerprint density at radius 3 is 2.83 bits per heavy atom. The summed E-state index contributed by atoms with van der Waals surface area (Å²) in [6.45, 7) is 3.46. The van der Waals surface area contributed by atoms with Crippen molar-refractivity contribution in [1.82, 2.24) is 5.43 Å². The summed E-state index contributed by atoms with van der Waals surface area (Å²) >= 11 is 0. The number of nitrogens with zero attached hydrogens (tertiary/aromatic N) is 1. The average Bonchev–Trinajstić information content (AvgIpc) is 2.39. The fourth-order valence-electron chi connectivity index (χ4n) is 1.19. The molecule has 0 spiro atoms. The van der Waals surface area contributed by atoms with Gasteiger partial charge in [0.05, 0.1) is 13.3 Å². The third-order valence-corrected chi connectivity index (χ3v) is 2.41. The molecule has 0 aliphatic heterocycles. The molecule has 5 nitrogen and oxygen atoms in total. The molecule has 1 amide bonds. The van der Waals surface area contributed by atoms with Gasteiger partial charge in [0.25, 0.3) is 5.91 Å². The Balaban J connectivity index is 2.77. The van der Waals surface area contributed by atoms with Crippen LogP contribution in [0.2, 0.25) is 0 Å². The number of allylic oxidation sites excluding steroid dienone is 1. The summed E-state index contributed by atoms with van der Waals surface area (Å²) in [5.74, 6) is 0.0619. The molecule has 0 aliphatic carbocycles. The number of phenolic OH excluding ortho intramolecular Hbond substituents is 1. The SMILES string of the molecule is C/C=C(\C)C(=O)N/N=C\c1cccc(OC)c1O. The average molecular weight is 248 g/mol. The molecule has 1 rings (SSSR count). The highest BCUT2D eigenvalue weighted by atomic mass is 16.5. The molecule has 0 unspecified atom stereocenters. The van der Waals surface area contributed by atoms with Crippen LogP contribution >= 0.6 is 0 Å². The first-order chi connectivity index (χ1) is 8.60. The van der Waals surface area contributed by atoms with Crippen molar-refractivity contribution in [2.75, 3.05) is 7.11 Å². The quantitative estimate of drug-likeness (QED) is 0.485. The van der Waals surface area contributed by atoms with Crippen molar-refractivity contribution in [2.24, 2.45) is 5.10 Å². The summed E-state index contributed by atoms with van der Waals surface area (Å²) in [7, 11) is 1.47. The second-order valence-electron chi connectivity index (χ2n) is 3.57. The summed E-state index contributed by atoms with van der Waals surface area (Å²) in [6, 6.07) is 5.02. The maximum absolute atomic E-state index is 11.4. The normalized spacial score (nSPS) is 11.6. The molecule has 0 atom stereocenters. The molecule has 0 saturated heterocycles. The van der Waals surface area contributed by atoms with E-state index in [4.69, 9.17) is 4.74 Å². The standard InChI is InChI=1S/C13H16N2O3/c1-4-9(2)13(17)15-14-8-10-6-5-7-11(18-3)12(10)16/h4-8,16H,1-3H3,(H,15,17)/b9-4+,14-8-. The number of amides is 1. The first-order valence-corrected chi connectivity index (χ1v) is 5.42. The number of hydrazone groups is 1. The number of hydrogen-bond acceptors (Lipinski definition) is 4. The van der Waals surface area contributed by atoms with Crippen LogP contribution < -0.4 is 10.2 Å². The Bertz CT molecular complexity index is 493. The van der Waals surface area contributed by atoms with Gasteiger partial charge in [0, 0.05) is 11.1 Å². The lowest BCUT2D eigenvalue weighted by atomic mass is 10.2. The molecule has 2 N–H and O–H groups in total. The van der Waals surface area contributed by atoms with E-state index in [0.29, 0.717) is 16.9 Å². The van der Waals surface area contributed by atoms with Crippen molar-refractivity contribution in [3.8, 4) is 11.5 Å². The number of para-hydroxylation sites is 1. The number of hydrogen-bond donors (Lipinski definition) is 2. The second-order valence-corrected chi connectivity index (χ2v) is 3.57. The minimum atomic E-state index is -0.281. The molecule has 1 aromatic carbocycles. The van der Waals surface area contributed by atoms with Crippen molar-refractivity contribution in [2.45, 2.75) is 13.8 Å². The van der Waals surface area contributed by atoms with Crippen LogP contribution in [-0.4, -0.2) is 24.3 Å². The van der Waals surface area contributed by atoms with E-state index in [1.54, 1.807) is 38.1 Å². The van der Waals surface area contributed by atoms with Gasteiger partial charge >= 0.3 is 0 Å². The van der Waals surface area contributed by atoms with Gasteiger partial charge in [0.2, 0.25) is 0 Å². The number of nitrogens with one attached hydrogen (secondary N) is 1. The van der Waals surface area contributed by atoms with Gasteiger partial charge in [-0.15, -0.1) is 0 Å². The summed E-state index contributed by atoms with van der Waals surface area (Å²) < 4.78 is 4.96. The minimum absolute atomic E-state index is 0.0132. The molecule has 5 heteroatoms. The maximum Gasteiger partial charge on any atom is 0.266 e. The number of ether oxygens (including phenoxy) is 1. The monoisotopic (exact) mass is 248 g/mol. The molecule has 0 radical (unpaired) electrons. The highest BCUT2D eigenvalue weighted by molar-refractivity contribution is 5.93. The van der Waals surface area contributed by atoms with E-state index >= 15 is 0 Å². The van der Waals surface area contributed by atoms with Gasteiger partial charge in [-0.1, -0.05) is 12.1 Å². The van der Waals surface area contributed by atoms with E-state index in [-0.39, 0.29) is 11.7 Å². The van der Waals surface area contributed by atoms with Crippen LogP contribution in [0, 0.1) is 0 Å². The molecular formula is C13H16N2O3.